The van der Waals surface area contributed by atoms with Gasteiger partial charge in [0.2, 0.25) is 0 Å². The van der Waals surface area contributed by atoms with Gasteiger partial charge in [-0.1, -0.05) is 33.8 Å². The highest BCUT2D eigenvalue weighted by Crippen LogP contribution is 2.69. The van der Waals surface area contributed by atoms with Gasteiger partial charge in [-0.05, 0) is 48.6 Å². The van der Waals surface area contributed by atoms with E-state index in [0.717, 1.165) is 49.1 Å². The van der Waals surface area contributed by atoms with Crippen molar-refractivity contribution in [3.63, 3.8) is 0 Å². The molecule has 1 saturated heterocycles. The third-order valence-corrected chi connectivity index (χ3v) is 8.41. The van der Waals surface area contributed by atoms with E-state index in [1.165, 1.54) is 0 Å². The molecule has 0 bridgehead atoms. The zero-order valence-electron chi connectivity index (χ0n) is 21.6. The normalized spacial score (nSPS) is 19.5. The van der Waals surface area contributed by atoms with Crippen molar-refractivity contribution in [1.82, 2.24) is 9.88 Å². The highest BCUT2D eigenvalue weighted by atomic mass is 16.5. The number of fused-ring (bicyclic) bond motifs is 1. The van der Waals surface area contributed by atoms with Gasteiger partial charge in [-0.25, -0.2) is 0 Å². The quantitative estimate of drug-likeness (QED) is 0.416. The molecule has 7 heteroatoms. The number of nitrogens with zero attached hydrogens (tertiary/aromatic N) is 1. The average Bonchev–Trinajstić information content (AvgIpc) is 3.05. The number of ketones is 1. The molecule has 2 aromatic rings. The predicted octanol–water partition coefficient (Wildman–Crippen LogP) is 4.62. The Morgan fingerprint density at radius 3 is 2.43 bits per heavy atom. The number of benzene rings is 1. The summed E-state index contributed by atoms with van der Waals surface area (Å²) in [7, 11) is 0. The van der Waals surface area contributed by atoms with Crippen LogP contribution in [0.4, 0.5) is 0 Å². The second kappa shape index (κ2) is 9.76. The maximum Gasteiger partial charge on any atom is 0.307 e. The fourth-order valence-electron chi connectivity index (χ4n) is 5.61. The number of hydrogen-bond acceptors (Lipinski definition) is 5. The number of Topliss-reactive ketones (excluding diaryl/α,β-unsaturated/α-hetero) is 1. The molecule has 1 amide bonds. The highest BCUT2D eigenvalue weighted by Gasteiger charge is 2.68. The van der Waals surface area contributed by atoms with Crippen molar-refractivity contribution in [3.05, 3.63) is 35.5 Å². The number of nitrogens with one attached hydrogen (secondary N) is 1. The first-order valence-corrected chi connectivity index (χ1v) is 12.8. The predicted molar refractivity (Wildman–Crippen MR) is 134 cm³/mol. The maximum absolute atomic E-state index is 13.7. The number of aromatic nitrogens is 1. The summed E-state index contributed by atoms with van der Waals surface area (Å²) in [5.41, 5.74) is 2.06. The van der Waals surface area contributed by atoms with Crippen molar-refractivity contribution in [1.29, 1.82) is 0 Å². The van der Waals surface area contributed by atoms with Crippen molar-refractivity contribution in [2.45, 2.75) is 60.4 Å². The number of esters is 1. The van der Waals surface area contributed by atoms with E-state index in [9.17, 15) is 14.4 Å². The van der Waals surface area contributed by atoms with Crippen molar-refractivity contribution >= 4 is 28.6 Å². The van der Waals surface area contributed by atoms with E-state index >= 15 is 0 Å². The Hall–Kier alpha value is -2.67. The Morgan fingerprint density at radius 1 is 1.11 bits per heavy atom. The SMILES string of the molecule is CCOC(=O)CCNC(=O)c1ccc2c(C(=O)C3C(C)(C)C3(C)C)cn(CC3CCOCC3)c2c1. The lowest BCUT2D eigenvalue weighted by atomic mass is 10.00. The minimum absolute atomic E-state index is 0.0250. The summed E-state index contributed by atoms with van der Waals surface area (Å²) < 4.78 is 12.6. The van der Waals surface area contributed by atoms with Gasteiger partial charge in [-0.2, -0.15) is 0 Å². The molecule has 0 radical (unpaired) electrons. The molecule has 7 nitrogen and oxygen atoms in total. The zero-order valence-corrected chi connectivity index (χ0v) is 21.6. The second-order valence-corrected chi connectivity index (χ2v) is 11.0. The molecule has 1 aromatic heterocycles. The molecule has 4 rings (SSSR count). The van der Waals surface area contributed by atoms with Crippen LogP contribution in [0.2, 0.25) is 0 Å². The van der Waals surface area contributed by atoms with E-state index in [4.69, 9.17) is 9.47 Å². The van der Waals surface area contributed by atoms with Gasteiger partial charge in [0.1, 0.15) is 0 Å². The van der Waals surface area contributed by atoms with Gasteiger partial charge in [0.25, 0.3) is 5.91 Å². The van der Waals surface area contributed by atoms with Crippen molar-refractivity contribution in [3.8, 4) is 0 Å². The molecule has 0 unspecified atom stereocenters. The van der Waals surface area contributed by atoms with Crippen LogP contribution < -0.4 is 5.32 Å². The molecule has 1 N–H and O–H groups in total. The molecule has 2 fully saturated rings. The summed E-state index contributed by atoms with van der Waals surface area (Å²) >= 11 is 0. The summed E-state index contributed by atoms with van der Waals surface area (Å²) in [4.78, 5) is 38.1. The second-order valence-electron chi connectivity index (χ2n) is 11.0. The van der Waals surface area contributed by atoms with Gasteiger partial charge in [0.15, 0.2) is 5.78 Å². The van der Waals surface area contributed by atoms with Crippen molar-refractivity contribution in [2.75, 3.05) is 26.4 Å². The molecule has 1 aliphatic carbocycles. The van der Waals surface area contributed by atoms with Gasteiger partial charge < -0.3 is 19.4 Å². The Morgan fingerprint density at radius 2 is 1.80 bits per heavy atom. The topological polar surface area (TPSA) is 86.6 Å². The summed E-state index contributed by atoms with van der Waals surface area (Å²) in [6.07, 6.45) is 4.10. The molecular formula is C28H38N2O5. The molecule has 0 spiro atoms. The van der Waals surface area contributed by atoms with Gasteiger partial charge in [0.05, 0.1) is 13.0 Å². The number of ether oxygens (including phenoxy) is 2. The Labute approximate surface area is 207 Å². The Kier molecular flexibility index (Phi) is 7.09. The largest absolute Gasteiger partial charge is 0.466 e. The molecule has 1 saturated carbocycles. The summed E-state index contributed by atoms with van der Waals surface area (Å²) in [5.74, 6) is 0.0542. The van der Waals surface area contributed by atoms with Crippen LogP contribution in [-0.2, 0) is 20.8 Å². The van der Waals surface area contributed by atoms with Gasteiger partial charge in [-0.15, -0.1) is 0 Å². The molecule has 2 aliphatic rings. The lowest BCUT2D eigenvalue weighted by Crippen LogP contribution is -2.26. The lowest BCUT2D eigenvalue weighted by Gasteiger charge is -2.22. The number of amides is 1. The van der Waals surface area contributed by atoms with E-state index in [2.05, 4.69) is 37.6 Å². The fraction of sp³-hybridized carbons (Fsp3) is 0.607. The van der Waals surface area contributed by atoms with E-state index in [0.29, 0.717) is 18.1 Å². The number of carbonyl (C=O) groups excluding carboxylic acids is 3. The van der Waals surface area contributed by atoms with E-state index in [-0.39, 0.29) is 47.4 Å². The maximum atomic E-state index is 13.7. The first-order chi connectivity index (χ1) is 16.6. The molecule has 1 aliphatic heterocycles. The van der Waals surface area contributed by atoms with Crippen molar-refractivity contribution in [2.24, 2.45) is 22.7 Å². The highest BCUT2D eigenvalue weighted by molar-refractivity contribution is 6.12. The lowest BCUT2D eigenvalue weighted by molar-refractivity contribution is -0.142. The third-order valence-electron chi connectivity index (χ3n) is 8.41. The van der Waals surface area contributed by atoms with Gasteiger partial charge in [-0.3, -0.25) is 14.4 Å². The van der Waals surface area contributed by atoms with Crippen molar-refractivity contribution < 1.29 is 23.9 Å². The minimum atomic E-state index is -0.331. The molecule has 2 heterocycles. The average molecular weight is 483 g/mol. The van der Waals surface area contributed by atoms with E-state index in [1.54, 1.807) is 13.0 Å². The molecule has 0 atom stereocenters. The van der Waals surface area contributed by atoms with Crippen LogP contribution in [0.5, 0.6) is 0 Å². The number of rotatable bonds is 9. The van der Waals surface area contributed by atoms with E-state index in [1.807, 2.05) is 18.3 Å². The van der Waals surface area contributed by atoms with Crippen LogP contribution in [0.1, 0.15) is 74.6 Å². The van der Waals surface area contributed by atoms with Crippen LogP contribution in [0.25, 0.3) is 10.9 Å². The first-order valence-electron chi connectivity index (χ1n) is 12.8. The monoisotopic (exact) mass is 482 g/mol. The fourth-order valence-corrected chi connectivity index (χ4v) is 5.61. The van der Waals surface area contributed by atoms with Crippen LogP contribution >= 0.6 is 0 Å². The summed E-state index contributed by atoms with van der Waals surface area (Å²) in [5, 5.41) is 3.69. The molecular weight excluding hydrogens is 444 g/mol. The Balaban J connectivity index is 1.61. The molecule has 35 heavy (non-hydrogen) atoms. The molecule has 1 aromatic carbocycles. The standard InChI is InChI=1S/C28H38N2O5/c1-6-35-23(31)9-12-29-26(33)19-7-8-20-21(24(32)25-27(2,3)28(25,4)5)17-30(22(20)15-19)16-18-10-13-34-14-11-18/h7-8,15,17-18,25H,6,9-14,16H2,1-5H3,(H,29,33). The third kappa shape index (κ3) is 4.88. The summed E-state index contributed by atoms with van der Waals surface area (Å²) in [6, 6.07) is 5.53. The molecule has 190 valence electrons. The zero-order chi connectivity index (χ0) is 25.4. The smallest absolute Gasteiger partial charge is 0.307 e. The summed E-state index contributed by atoms with van der Waals surface area (Å²) in [6.45, 7) is 13.3. The number of carbonyl (C=O) groups is 3. The van der Waals surface area contributed by atoms with Crippen LogP contribution in [0.15, 0.2) is 24.4 Å². The van der Waals surface area contributed by atoms with Crippen LogP contribution in [0.3, 0.4) is 0 Å². The minimum Gasteiger partial charge on any atom is -0.466 e. The van der Waals surface area contributed by atoms with Gasteiger partial charge >= 0.3 is 5.97 Å². The van der Waals surface area contributed by atoms with Gasteiger partial charge in [0, 0.05) is 60.4 Å². The first kappa shape index (κ1) is 25.4. The Bertz CT molecular complexity index is 1110. The van der Waals surface area contributed by atoms with Crippen LogP contribution in [-0.4, -0.2) is 48.6 Å². The number of hydrogen-bond donors (Lipinski definition) is 1. The van der Waals surface area contributed by atoms with Crippen LogP contribution in [0, 0.1) is 22.7 Å². The van der Waals surface area contributed by atoms with E-state index < -0.39 is 0 Å².